The molecule has 0 amide bonds. The van der Waals surface area contributed by atoms with Crippen LogP contribution in [-0.4, -0.2) is 32.0 Å². The van der Waals surface area contributed by atoms with Gasteiger partial charge in [0, 0.05) is 18.4 Å². The van der Waals surface area contributed by atoms with Gasteiger partial charge in [0.15, 0.2) is 0 Å². The van der Waals surface area contributed by atoms with Crippen LogP contribution in [0.3, 0.4) is 0 Å². The van der Waals surface area contributed by atoms with Gasteiger partial charge in [-0.05, 0) is 19.4 Å². The molecule has 0 aliphatic carbocycles. The van der Waals surface area contributed by atoms with Crippen LogP contribution in [0, 0.1) is 11.8 Å². The first-order valence-electron chi connectivity index (χ1n) is 6.67. The highest BCUT2D eigenvalue weighted by atomic mass is 16.5. The highest BCUT2D eigenvalue weighted by Crippen LogP contribution is 2.29. The molecule has 1 fully saturated rings. The average molecular weight is 229 g/mol. The summed E-state index contributed by atoms with van der Waals surface area (Å²) in [7, 11) is 0. The molecule has 0 unspecified atom stereocenters. The number of rotatable bonds is 6. The maximum Gasteiger partial charge on any atom is 0.0687 e. The van der Waals surface area contributed by atoms with Crippen molar-refractivity contribution in [1.29, 1.82) is 0 Å². The predicted molar refractivity (Wildman–Crippen MR) is 66.4 cm³/mol. The molecule has 0 saturated carbocycles. The van der Waals surface area contributed by atoms with Crippen molar-refractivity contribution in [2.45, 2.75) is 52.2 Å². The Morgan fingerprint density at radius 3 is 2.69 bits per heavy atom. The van der Waals surface area contributed by atoms with E-state index in [1.54, 1.807) is 0 Å². The van der Waals surface area contributed by atoms with Gasteiger partial charge < -0.3 is 15.2 Å². The molecule has 3 nitrogen and oxygen atoms in total. The number of hydrogen-bond acceptors (Lipinski definition) is 3. The van der Waals surface area contributed by atoms with Gasteiger partial charge in [-0.25, -0.2) is 0 Å². The van der Waals surface area contributed by atoms with Gasteiger partial charge in [-0.2, -0.15) is 0 Å². The quantitative estimate of drug-likeness (QED) is 0.710. The van der Waals surface area contributed by atoms with Crippen molar-refractivity contribution in [2.24, 2.45) is 17.6 Å². The number of hydrogen-bond donors (Lipinski definition) is 1. The van der Waals surface area contributed by atoms with Gasteiger partial charge in [-0.1, -0.05) is 27.2 Å². The first kappa shape index (κ1) is 13.9. The lowest BCUT2D eigenvalue weighted by Gasteiger charge is -2.40. The molecule has 1 aliphatic rings. The highest BCUT2D eigenvalue weighted by molar-refractivity contribution is 4.85. The Hall–Kier alpha value is -0.120. The number of nitrogens with two attached hydrogens (primary N) is 1. The zero-order valence-corrected chi connectivity index (χ0v) is 10.9. The van der Waals surface area contributed by atoms with Gasteiger partial charge in [-0.15, -0.1) is 0 Å². The number of ether oxygens (including phenoxy) is 2. The zero-order valence-electron chi connectivity index (χ0n) is 10.9. The topological polar surface area (TPSA) is 44.5 Å². The lowest BCUT2D eigenvalue weighted by molar-refractivity contribution is -0.144. The first-order chi connectivity index (χ1) is 7.74. The minimum atomic E-state index is 0.287. The fourth-order valence-corrected chi connectivity index (χ4v) is 2.48. The SMILES string of the molecule is CCCCO[C@@H]1[C@H](CN)CO[C@H](CC)[C@@H]1C. The van der Waals surface area contributed by atoms with Gasteiger partial charge in [0.05, 0.1) is 18.8 Å². The maximum absolute atomic E-state index is 6.01. The summed E-state index contributed by atoms with van der Waals surface area (Å²) in [4.78, 5) is 0. The Bertz CT molecular complexity index is 187. The van der Waals surface area contributed by atoms with E-state index in [0.29, 0.717) is 24.5 Å². The largest absolute Gasteiger partial charge is 0.377 e. The Morgan fingerprint density at radius 1 is 1.38 bits per heavy atom. The molecule has 96 valence electrons. The molecular formula is C13H27NO2. The zero-order chi connectivity index (χ0) is 12.0. The second kappa shape index (κ2) is 7.25. The van der Waals surface area contributed by atoms with Crippen molar-refractivity contribution in [3.05, 3.63) is 0 Å². The molecule has 0 spiro atoms. The van der Waals surface area contributed by atoms with Crippen LogP contribution < -0.4 is 5.73 Å². The Labute approximate surface area is 99.7 Å². The van der Waals surface area contributed by atoms with Crippen molar-refractivity contribution in [2.75, 3.05) is 19.8 Å². The summed E-state index contributed by atoms with van der Waals surface area (Å²) in [6.07, 6.45) is 4.01. The molecule has 1 heterocycles. The Morgan fingerprint density at radius 2 is 2.12 bits per heavy atom. The lowest BCUT2D eigenvalue weighted by Crippen LogP contribution is -2.48. The number of unbranched alkanes of at least 4 members (excludes halogenated alkanes) is 1. The van der Waals surface area contributed by atoms with Crippen LogP contribution in [0.15, 0.2) is 0 Å². The Balaban J connectivity index is 2.50. The van der Waals surface area contributed by atoms with Crippen molar-refractivity contribution < 1.29 is 9.47 Å². The molecule has 0 radical (unpaired) electrons. The first-order valence-corrected chi connectivity index (χ1v) is 6.67. The highest BCUT2D eigenvalue weighted by Gasteiger charge is 2.36. The van der Waals surface area contributed by atoms with Crippen molar-refractivity contribution in [3.63, 3.8) is 0 Å². The van der Waals surface area contributed by atoms with Crippen LogP contribution in [0.25, 0.3) is 0 Å². The fourth-order valence-electron chi connectivity index (χ4n) is 2.48. The summed E-state index contributed by atoms with van der Waals surface area (Å²) in [6, 6.07) is 0. The van der Waals surface area contributed by atoms with Crippen LogP contribution in [0.1, 0.15) is 40.0 Å². The predicted octanol–water partition coefficient (Wildman–Crippen LogP) is 2.19. The van der Waals surface area contributed by atoms with Gasteiger partial charge >= 0.3 is 0 Å². The molecule has 3 heteroatoms. The van der Waals surface area contributed by atoms with E-state index in [1.807, 2.05) is 0 Å². The molecule has 0 aromatic heterocycles. The summed E-state index contributed by atoms with van der Waals surface area (Å²) in [5.74, 6) is 0.832. The van der Waals surface area contributed by atoms with Crippen LogP contribution in [0.4, 0.5) is 0 Å². The summed E-state index contributed by atoms with van der Waals surface area (Å²) in [5, 5.41) is 0. The third kappa shape index (κ3) is 3.44. The summed E-state index contributed by atoms with van der Waals surface area (Å²) < 4.78 is 11.8. The molecule has 1 saturated heterocycles. The third-order valence-electron chi connectivity index (χ3n) is 3.61. The smallest absolute Gasteiger partial charge is 0.0687 e. The van der Waals surface area contributed by atoms with Crippen molar-refractivity contribution in [1.82, 2.24) is 0 Å². The van der Waals surface area contributed by atoms with Crippen LogP contribution in [0.2, 0.25) is 0 Å². The van der Waals surface area contributed by atoms with E-state index in [1.165, 1.54) is 6.42 Å². The monoisotopic (exact) mass is 229 g/mol. The molecular weight excluding hydrogens is 202 g/mol. The molecule has 0 aromatic carbocycles. The van der Waals surface area contributed by atoms with Gasteiger partial charge in [0.1, 0.15) is 0 Å². The average Bonchev–Trinajstić information content (AvgIpc) is 2.31. The molecule has 16 heavy (non-hydrogen) atoms. The fraction of sp³-hybridized carbons (Fsp3) is 1.00. The molecule has 1 rings (SSSR count). The lowest BCUT2D eigenvalue weighted by atomic mass is 9.84. The standard InChI is InChI=1S/C13H27NO2/c1-4-6-7-15-13-10(3)12(5-2)16-9-11(13)8-14/h10-13H,4-9,14H2,1-3H3/t10-,11+,12+,13-/m0/s1. The molecule has 0 aromatic rings. The normalized spacial score (nSPS) is 35.2. The van der Waals surface area contributed by atoms with E-state index in [-0.39, 0.29) is 6.10 Å². The molecule has 0 bridgehead atoms. The second-order valence-corrected chi connectivity index (χ2v) is 4.82. The van der Waals surface area contributed by atoms with Gasteiger partial charge in [0.2, 0.25) is 0 Å². The van der Waals surface area contributed by atoms with Crippen LogP contribution >= 0.6 is 0 Å². The van der Waals surface area contributed by atoms with Gasteiger partial charge in [-0.3, -0.25) is 0 Å². The van der Waals surface area contributed by atoms with E-state index in [2.05, 4.69) is 20.8 Å². The van der Waals surface area contributed by atoms with E-state index in [0.717, 1.165) is 26.1 Å². The Kier molecular flexibility index (Phi) is 6.32. The molecule has 2 N–H and O–H groups in total. The van der Waals surface area contributed by atoms with Crippen LogP contribution in [-0.2, 0) is 9.47 Å². The van der Waals surface area contributed by atoms with Crippen molar-refractivity contribution in [3.8, 4) is 0 Å². The second-order valence-electron chi connectivity index (χ2n) is 4.82. The van der Waals surface area contributed by atoms with E-state index in [4.69, 9.17) is 15.2 Å². The summed E-state index contributed by atoms with van der Waals surface area (Å²) in [5.41, 5.74) is 5.79. The van der Waals surface area contributed by atoms with E-state index < -0.39 is 0 Å². The summed E-state index contributed by atoms with van der Waals surface area (Å²) in [6.45, 7) is 8.87. The minimum absolute atomic E-state index is 0.287. The third-order valence-corrected chi connectivity index (χ3v) is 3.61. The van der Waals surface area contributed by atoms with Crippen LogP contribution in [0.5, 0.6) is 0 Å². The molecule has 4 atom stereocenters. The maximum atomic E-state index is 6.01. The minimum Gasteiger partial charge on any atom is -0.377 e. The molecule has 1 aliphatic heterocycles. The van der Waals surface area contributed by atoms with E-state index in [9.17, 15) is 0 Å². The summed E-state index contributed by atoms with van der Waals surface area (Å²) >= 11 is 0. The van der Waals surface area contributed by atoms with Crippen molar-refractivity contribution >= 4 is 0 Å². The van der Waals surface area contributed by atoms with E-state index >= 15 is 0 Å². The van der Waals surface area contributed by atoms with Gasteiger partial charge in [0.25, 0.3) is 0 Å².